The summed E-state index contributed by atoms with van der Waals surface area (Å²) in [5, 5.41) is 114. The Morgan fingerprint density at radius 2 is 0.920 bits per heavy atom. The van der Waals surface area contributed by atoms with E-state index in [0.29, 0.717) is 11.0 Å². The van der Waals surface area contributed by atoms with E-state index in [-0.39, 0.29) is 40.1 Å². The van der Waals surface area contributed by atoms with Crippen LogP contribution in [0.15, 0.2) is 55.4 Å². The Bertz CT molecular complexity index is 3980. The third kappa shape index (κ3) is 14.2. The van der Waals surface area contributed by atoms with Gasteiger partial charge in [-0.05, 0) is 43.3 Å². The van der Waals surface area contributed by atoms with E-state index >= 15 is 0 Å². The smallest absolute Gasteiger partial charge is 0.320 e. The summed E-state index contributed by atoms with van der Waals surface area (Å²) in [6.45, 7) is -1.69. The topological polar surface area (TPSA) is 726 Å². The average molecular weight is 1340 g/mol. The maximum atomic E-state index is 11.9. The van der Waals surface area contributed by atoms with Gasteiger partial charge in [0.05, 0.1) is 36.9 Å². The predicted molar refractivity (Wildman–Crippen MR) is 267 cm³/mol. The first kappa shape index (κ1) is 69.0. The molecule has 16 N–H and O–H groups in total. The fourth-order valence-corrected chi connectivity index (χ4v) is 13.0. The number of fused-ring (bicyclic) bond motifs is 3. The number of anilines is 3. The third-order valence-electron chi connectivity index (χ3n) is 12.8. The number of nitrogens with two attached hydrogens (primary N) is 3. The molecule has 3 saturated heterocycles. The van der Waals surface area contributed by atoms with Crippen LogP contribution in [0.5, 0.6) is 0 Å². The first-order valence-corrected chi connectivity index (χ1v) is 31.3. The minimum Gasteiger partial charge on any atom is -0.766 e. The summed E-state index contributed by atoms with van der Waals surface area (Å²) in [6, 6.07) is 12.2. The van der Waals surface area contributed by atoms with Crippen LogP contribution in [0.25, 0.3) is 16.6 Å². The predicted octanol–water partition coefficient (Wildman–Crippen LogP) is -8.07. The van der Waals surface area contributed by atoms with Gasteiger partial charge in [-0.3, -0.25) is 27.6 Å². The van der Waals surface area contributed by atoms with E-state index in [1.54, 1.807) is 23.3 Å². The number of carboxylic acid groups (broad SMARTS) is 1. The molecule has 0 radical (unpaired) electrons. The molecule has 6 aromatic heterocycles. The average Bonchev–Trinajstić information content (AvgIpc) is 1.61. The number of nitriles is 3. The molecule has 44 nitrogen and oxygen atoms in total. The Balaban J connectivity index is 0.000000190. The number of phosphoric ester groups is 2. The number of nitrogens with one attached hydrogen (secondary N) is 1. The Morgan fingerprint density at radius 3 is 1.23 bits per heavy atom. The van der Waals surface area contributed by atoms with E-state index in [9.17, 15) is 98.5 Å². The lowest BCUT2D eigenvalue weighted by atomic mass is 9.92. The monoisotopic (exact) mass is 1340 g/mol. The molecule has 0 aromatic carbocycles. The van der Waals surface area contributed by atoms with Gasteiger partial charge in [0.2, 0.25) is 24.5 Å². The standard InChI is InChI=1S/C15H19N6O8P.C12H16N5O13P3.C12H14N5O7P/c1-7(14(24)25)20-30(26,27)28-4-9-11(22)12(23)15(5-16,29-9)10-3-2-8-13(17)18-6-19-21(8)10;13-4-12(8-2-1-6-11(14)15-5-16-17(6)8)10(19)9(18)7(28-12)3-27-32(23,24)30-33(25,26)29-31(20,21)22;13-4-12(8-2-1-6-11(14)15-5-16-17(6)8)10(19)9(18)7(24-12)3-23-25(20,21)22/h2-3,6-7,9,11-12,22-23H,4H2,1H3,(H,24,25)(H2,17,18,19)(H2,20,26,27);1-2,5,7,9-10,18-19H,3H2,(H,23,24)(H,25,26)(H2,14,15,16)(H2,20,21,22);1-2,5,7,9-10,18-19H,3H2,(H2,14,15,16)(H2,20,21,22)/p-5/t7-,9+,11+,12+,15-;2*7-,9-,10-,12+/m011/s1. The van der Waals surface area contributed by atoms with Crippen LogP contribution in [0.2, 0.25) is 0 Å². The van der Waals surface area contributed by atoms with Crippen molar-refractivity contribution < 1.29 is 134 Å². The highest BCUT2D eigenvalue weighted by Crippen LogP contribution is 2.61. The van der Waals surface area contributed by atoms with Gasteiger partial charge in [-0.1, -0.05) is 0 Å². The van der Waals surface area contributed by atoms with Gasteiger partial charge in [-0.2, -0.15) is 31.1 Å². The highest BCUT2D eigenvalue weighted by atomic mass is 31.3. The van der Waals surface area contributed by atoms with Crippen molar-refractivity contribution in [3.05, 3.63) is 72.5 Å². The summed E-state index contributed by atoms with van der Waals surface area (Å²) in [5.74, 6) is -1.19. The second-order valence-corrected chi connectivity index (χ2v) is 25.4. The van der Waals surface area contributed by atoms with Crippen LogP contribution in [0.1, 0.15) is 24.0 Å². The molecule has 0 aliphatic carbocycles. The normalized spacial score (nSPS) is 30.6. The molecule has 3 aliphatic rings. The zero-order valence-electron chi connectivity index (χ0n) is 43.7. The summed E-state index contributed by atoms with van der Waals surface area (Å²) < 4.78 is 95.6. The Labute approximate surface area is 488 Å². The van der Waals surface area contributed by atoms with E-state index in [1.807, 2.05) is 0 Å². The van der Waals surface area contributed by atoms with E-state index in [0.717, 1.165) is 30.4 Å². The summed E-state index contributed by atoms with van der Waals surface area (Å²) >= 11 is 0. The number of aliphatic hydroxyl groups excluding tert-OH is 6. The summed E-state index contributed by atoms with van der Waals surface area (Å²) in [7, 11) is -27.8. The molecule has 9 heterocycles. The molecule has 88 heavy (non-hydrogen) atoms. The molecular formula is C39H44N16O28P5-5. The summed E-state index contributed by atoms with van der Waals surface area (Å²) in [6.07, 6.45) is -12.1. The molecule has 0 bridgehead atoms. The minimum atomic E-state index is -6.14. The molecule has 3 aliphatic heterocycles. The van der Waals surface area contributed by atoms with Gasteiger partial charge in [-0.15, -0.1) is 0 Å². The Kier molecular flexibility index (Phi) is 20.2. The number of aliphatic hydroxyl groups is 6. The number of aromatic nitrogens is 9. The van der Waals surface area contributed by atoms with E-state index in [1.165, 1.54) is 45.4 Å². The van der Waals surface area contributed by atoms with Gasteiger partial charge < -0.3 is 115 Å². The van der Waals surface area contributed by atoms with E-state index in [2.05, 4.69) is 52.4 Å². The van der Waals surface area contributed by atoms with Gasteiger partial charge in [0.15, 0.2) is 17.5 Å². The Morgan fingerprint density at radius 1 is 0.591 bits per heavy atom. The molecular weight excluding hydrogens is 1300 g/mol. The lowest BCUT2D eigenvalue weighted by Gasteiger charge is -2.33. The molecule has 3 fully saturated rings. The number of carboxylic acids is 1. The lowest BCUT2D eigenvalue weighted by Crippen LogP contribution is -2.41. The highest BCUT2D eigenvalue weighted by molar-refractivity contribution is 7.65. The summed E-state index contributed by atoms with van der Waals surface area (Å²) in [5.41, 5.74) is 11.6. The van der Waals surface area contributed by atoms with Crippen LogP contribution in [0.4, 0.5) is 17.5 Å². The van der Waals surface area contributed by atoms with Gasteiger partial charge in [0.1, 0.15) is 115 Å². The first-order chi connectivity index (χ1) is 40.8. The summed E-state index contributed by atoms with van der Waals surface area (Å²) in [4.78, 5) is 95.2. The van der Waals surface area contributed by atoms with Crippen LogP contribution < -0.4 is 46.8 Å². The van der Waals surface area contributed by atoms with Gasteiger partial charge >= 0.3 is 5.97 Å². The zero-order valence-corrected chi connectivity index (χ0v) is 48.2. The number of rotatable bonds is 19. The molecule has 478 valence electrons. The molecule has 0 spiro atoms. The van der Waals surface area contributed by atoms with Crippen molar-refractivity contribution >= 4 is 79.0 Å². The number of nitrogen functional groups attached to an aromatic ring is 3. The lowest BCUT2D eigenvalue weighted by molar-refractivity contribution is -0.250. The SMILES string of the molecule is C[C@H](NP(=O)([O-])OC[C@H]1O[C@@](C#N)(c2ccc3c(N)ncnn23)[C@H](O)[C@@H]1O)C(=O)O.N#C[C@@]1(c2ccc3c(N)ncnn23)O[C@H](COP(=O)([O-])O)[C@@H](O)[C@H]1O.N#C[C@@]1(c2ccc3c(N)ncnn23)O[C@H](COP(=O)([O-])OP(=O)([O-])OP(=O)([O-])O)[C@@H](O)[C@H]1O. The quantitative estimate of drug-likeness (QED) is 0.0335. The highest BCUT2D eigenvalue weighted by Gasteiger charge is 2.60. The fraction of sp³-hybridized carbons (Fsp3) is 0.436. The van der Waals surface area contributed by atoms with Crippen LogP contribution in [-0.2, 0) is 80.8 Å². The van der Waals surface area contributed by atoms with Crippen molar-refractivity contribution in [2.24, 2.45) is 0 Å². The number of ether oxygens (including phenoxy) is 3. The van der Waals surface area contributed by atoms with Gasteiger partial charge in [-0.25, -0.2) is 42.2 Å². The van der Waals surface area contributed by atoms with Crippen molar-refractivity contribution in [2.45, 2.75) is 84.7 Å². The number of nitrogens with zero attached hydrogens (tertiary/aromatic N) is 12. The van der Waals surface area contributed by atoms with Crippen molar-refractivity contribution in [2.75, 3.05) is 37.0 Å². The zero-order chi connectivity index (χ0) is 65.5. The van der Waals surface area contributed by atoms with Crippen molar-refractivity contribution in [3.8, 4) is 18.2 Å². The second kappa shape index (κ2) is 25.8. The maximum absolute atomic E-state index is 11.9. The van der Waals surface area contributed by atoms with Crippen LogP contribution in [0.3, 0.4) is 0 Å². The largest absolute Gasteiger partial charge is 0.766 e. The number of phosphoric acid groups is 4. The molecule has 0 saturated carbocycles. The number of carbonyl (C=O) groups is 1. The second-order valence-electron chi connectivity index (χ2n) is 18.4. The van der Waals surface area contributed by atoms with Gasteiger partial charge in [0.25, 0.3) is 31.3 Å². The molecule has 49 heteroatoms. The molecule has 0 amide bonds. The number of hydrogen-bond acceptors (Lipinski definition) is 37. The number of hydrogen-bond donors (Lipinski definition) is 13. The van der Waals surface area contributed by atoms with Crippen molar-refractivity contribution in [1.82, 2.24) is 48.9 Å². The van der Waals surface area contributed by atoms with Crippen LogP contribution in [-0.4, -0.2) is 176 Å². The molecule has 5 unspecified atom stereocenters. The number of aliphatic carboxylic acids is 1. The Hall–Kier alpha value is -6.53. The fourth-order valence-electron chi connectivity index (χ4n) is 8.77. The van der Waals surface area contributed by atoms with E-state index < -0.39 is 143 Å². The minimum absolute atomic E-state index is 0.0106. The van der Waals surface area contributed by atoms with Crippen LogP contribution >= 0.6 is 39.0 Å². The van der Waals surface area contributed by atoms with E-state index in [4.69, 9.17) is 46.3 Å². The molecule has 9 rings (SSSR count). The maximum Gasteiger partial charge on any atom is 0.320 e. The molecule has 18 atom stereocenters. The van der Waals surface area contributed by atoms with Crippen molar-refractivity contribution in [3.63, 3.8) is 0 Å². The van der Waals surface area contributed by atoms with Gasteiger partial charge in [0, 0.05) is 0 Å². The third-order valence-corrected chi connectivity index (χ3v) is 18.2. The first-order valence-electron chi connectivity index (χ1n) is 23.8. The van der Waals surface area contributed by atoms with Crippen LogP contribution in [0, 0.1) is 34.0 Å². The molecule has 6 aromatic rings. The van der Waals surface area contributed by atoms with Crippen molar-refractivity contribution in [1.29, 1.82) is 15.8 Å².